The third-order valence-corrected chi connectivity index (χ3v) is 5.86. The number of carbonyl (C=O) groups is 2. The van der Waals surface area contributed by atoms with Crippen molar-refractivity contribution >= 4 is 23.2 Å². The molecule has 6 nitrogen and oxygen atoms in total. The van der Waals surface area contributed by atoms with Gasteiger partial charge in [-0.15, -0.1) is 0 Å². The van der Waals surface area contributed by atoms with Gasteiger partial charge in [-0.05, 0) is 36.8 Å². The van der Waals surface area contributed by atoms with Crippen LogP contribution in [0.2, 0.25) is 0 Å². The number of hydroxylamine groups is 1. The Morgan fingerprint density at radius 2 is 1.55 bits per heavy atom. The summed E-state index contributed by atoms with van der Waals surface area (Å²) in [5.41, 5.74) is 3.34. The van der Waals surface area contributed by atoms with Gasteiger partial charge in [-0.3, -0.25) is 14.4 Å². The molecule has 0 unspecified atom stereocenters. The average molecular weight is 414 g/mol. The number of fused-ring (bicyclic) bond motifs is 1. The van der Waals surface area contributed by atoms with Crippen LogP contribution >= 0.6 is 0 Å². The monoisotopic (exact) mass is 414 g/mol. The van der Waals surface area contributed by atoms with Crippen LogP contribution in [0.5, 0.6) is 5.75 Å². The van der Waals surface area contributed by atoms with Gasteiger partial charge >= 0.3 is 0 Å². The number of carbonyl (C=O) groups excluding carboxylic acids is 2. The SMILES string of the molecule is COc1cccc(N2C(=O)[C@H]3[C@@H](ON(c4ccccc4)[C@H]3c3ccc(C)cc3)C2=O)c1. The number of aryl methyl sites for hydroxylation is 1. The van der Waals surface area contributed by atoms with E-state index in [1.165, 1.54) is 4.90 Å². The van der Waals surface area contributed by atoms with Gasteiger partial charge in [-0.1, -0.05) is 54.1 Å². The first kappa shape index (κ1) is 19.3. The zero-order valence-electron chi connectivity index (χ0n) is 17.3. The molecule has 2 fully saturated rings. The lowest BCUT2D eigenvalue weighted by atomic mass is 9.90. The maximum absolute atomic E-state index is 13.6. The number of methoxy groups -OCH3 is 1. The Morgan fingerprint density at radius 1 is 0.839 bits per heavy atom. The maximum Gasteiger partial charge on any atom is 0.266 e. The highest BCUT2D eigenvalue weighted by Gasteiger charge is 2.60. The summed E-state index contributed by atoms with van der Waals surface area (Å²) in [5.74, 6) is -0.704. The van der Waals surface area contributed by atoms with E-state index in [4.69, 9.17) is 9.57 Å². The van der Waals surface area contributed by atoms with Gasteiger partial charge in [0.05, 0.1) is 24.5 Å². The summed E-state index contributed by atoms with van der Waals surface area (Å²) in [6.45, 7) is 2.02. The number of para-hydroxylation sites is 1. The smallest absolute Gasteiger partial charge is 0.266 e. The summed E-state index contributed by atoms with van der Waals surface area (Å²) in [4.78, 5) is 34.3. The Kier molecular flexibility index (Phi) is 4.71. The van der Waals surface area contributed by atoms with Gasteiger partial charge in [0.2, 0.25) is 5.91 Å². The predicted molar refractivity (Wildman–Crippen MR) is 117 cm³/mol. The van der Waals surface area contributed by atoms with Crippen LogP contribution in [0.4, 0.5) is 11.4 Å². The van der Waals surface area contributed by atoms with E-state index in [0.29, 0.717) is 11.4 Å². The minimum absolute atomic E-state index is 0.271. The highest BCUT2D eigenvalue weighted by molar-refractivity contribution is 6.24. The highest BCUT2D eigenvalue weighted by atomic mass is 16.7. The molecule has 2 saturated heterocycles. The summed E-state index contributed by atoms with van der Waals surface area (Å²) in [6, 6.07) is 24.1. The normalized spacial score (nSPS) is 22.7. The number of anilines is 2. The zero-order valence-corrected chi connectivity index (χ0v) is 17.3. The molecule has 3 atom stereocenters. The van der Waals surface area contributed by atoms with Crippen molar-refractivity contribution in [3.05, 3.63) is 90.0 Å². The fourth-order valence-electron chi connectivity index (χ4n) is 4.32. The second kappa shape index (κ2) is 7.56. The molecule has 6 heteroatoms. The molecule has 2 heterocycles. The number of benzene rings is 3. The van der Waals surface area contributed by atoms with Crippen molar-refractivity contribution in [2.24, 2.45) is 5.92 Å². The van der Waals surface area contributed by atoms with E-state index in [1.54, 1.807) is 36.4 Å². The van der Waals surface area contributed by atoms with E-state index in [-0.39, 0.29) is 11.8 Å². The van der Waals surface area contributed by atoms with Crippen LogP contribution in [0.1, 0.15) is 17.2 Å². The van der Waals surface area contributed by atoms with Crippen LogP contribution in [0.15, 0.2) is 78.9 Å². The number of amides is 2. The molecule has 2 aliphatic rings. The average Bonchev–Trinajstić information content (AvgIpc) is 3.31. The number of rotatable bonds is 4. The molecule has 2 aliphatic heterocycles. The van der Waals surface area contributed by atoms with Crippen molar-refractivity contribution in [3.63, 3.8) is 0 Å². The number of hydrogen-bond acceptors (Lipinski definition) is 5. The molecule has 0 saturated carbocycles. The zero-order chi connectivity index (χ0) is 21.5. The Balaban J connectivity index is 1.57. The van der Waals surface area contributed by atoms with Crippen LogP contribution in [-0.4, -0.2) is 25.0 Å². The van der Waals surface area contributed by atoms with Gasteiger partial charge < -0.3 is 4.74 Å². The maximum atomic E-state index is 13.6. The molecule has 2 amide bonds. The van der Waals surface area contributed by atoms with E-state index >= 15 is 0 Å². The second-order valence-electron chi connectivity index (χ2n) is 7.78. The van der Waals surface area contributed by atoms with Crippen molar-refractivity contribution in [1.29, 1.82) is 0 Å². The van der Waals surface area contributed by atoms with Crippen LogP contribution < -0.4 is 14.7 Å². The second-order valence-corrected chi connectivity index (χ2v) is 7.78. The summed E-state index contributed by atoms with van der Waals surface area (Å²) < 4.78 is 5.27. The molecule has 0 N–H and O–H groups in total. The van der Waals surface area contributed by atoms with Gasteiger partial charge in [-0.25, -0.2) is 9.96 Å². The summed E-state index contributed by atoms with van der Waals surface area (Å²) >= 11 is 0. The molecule has 0 radical (unpaired) electrons. The van der Waals surface area contributed by atoms with E-state index in [9.17, 15) is 9.59 Å². The Hall–Kier alpha value is -3.64. The standard InChI is InChI=1S/C25H22N2O4/c1-16-11-13-17(14-12-16)22-21-23(31-27(22)18-7-4-3-5-8-18)25(29)26(24(21)28)19-9-6-10-20(15-19)30-2/h3-15,21-23H,1-2H3/t21-,22+,23-/m1/s1. The molecule has 0 spiro atoms. The van der Waals surface area contributed by atoms with Crippen LogP contribution in [0.3, 0.4) is 0 Å². The number of nitrogens with zero attached hydrogens (tertiary/aromatic N) is 2. The van der Waals surface area contributed by atoms with Crippen LogP contribution in [-0.2, 0) is 14.4 Å². The highest BCUT2D eigenvalue weighted by Crippen LogP contribution is 2.47. The van der Waals surface area contributed by atoms with Crippen molar-refractivity contribution in [2.45, 2.75) is 19.1 Å². The fraction of sp³-hybridized carbons (Fsp3) is 0.200. The lowest BCUT2D eigenvalue weighted by molar-refractivity contribution is -0.126. The Morgan fingerprint density at radius 3 is 2.26 bits per heavy atom. The summed E-state index contributed by atoms with van der Waals surface area (Å²) in [7, 11) is 1.55. The topological polar surface area (TPSA) is 59.1 Å². The Labute approximate surface area is 180 Å². The van der Waals surface area contributed by atoms with Crippen molar-refractivity contribution < 1.29 is 19.2 Å². The van der Waals surface area contributed by atoms with Crippen molar-refractivity contribution in [1.82, 2.24) is 0 Å². The number of ether oxygens (including phenoxy) is 1. The van der Waals surface area contributed by atoms with E-state index in [1.807, 2.05) is 61.5 Å². The lowest BCUT2D eigenvalue weighted by Gasteiger charge is -2.28. The molecule has 0 aliphatic carbocycles. The first-order valence-corrected chi connectivity index (χ1v) is 10.2. The molecule has 3 aromatic carbocycles. The minimum Gasteiger partial charge on any atom is -0.497 e. The minimum atomic E-state index is -0.884. The fourth-order valence-corrected chi connectivity index (χ4v) is 4.32. The van der Waals surface area contributed by atoms with Crippen molar-refractivity contribution in [3.8, 4) is 5.75 Å². The first-order chi connectivity index (χ1) is 15.1. The van der Waals surface area contributed by atoms with E-state index in [0.717, 1.165) is 16.8 Å². The van der Waals surface area contributed by atoms with E-state index < -0.39 is 18.1 Å². The van der Waals surface area contributed by atoms with Gasteiger partial charge in [0.25, 0.3) is 5.91 Å². The van der Waals surface area contributed by atoms with Crippen LogP contribution in [0.25, 0.3) is 0 Å². The third-order valence-electron chi connectivity index (χ3n) is 5.86. The molecular weight excluding hydrogens is 392 g/mol. The molecular formula is C25H22N2O4. The molecule has 31 heavy (non-hydrogen) atoms. The van der Waals surface area contributed by atoms with Crippen molar-refractivity contribution in [2.75, 3.05) is 17.1 Å². The van der Waals surface area contributed by atoms with Gasteiger partial charge in [0.1, 0.15) is 11.7 Å². The van der Waals surface area contributed by atoms with Crippen LogP contribution in [0, 0.1) is 12.8 Å². The van der Waals surface area contributed by atoms with Gasteiger partial charge in [0, 0.05) is 6.07 Å². The molecule has 3 aromatic rings. The van der Waals surface area contributed by atoms with E-state index in [2.05, 4.69) is 0 Å². The Bertz CT molecular complexity index is 1130. The molecule has 5 rings (SSSR count). The summed E-state index contributed by atoms with van der Waals surface area (Å²) in [5, 5.41) is 1.71. The quantitative estimate of drug-likeness (QED) is 0.603. The third kappa shape index (κ3) is 3.16. The number of imide groups is 1. The summed E-state index contributed by atoms with van der Waals surface area (Å²) in [6.07, 6.45) is -0.884. The van der Waals surface area contributed by atoms with Gasteiger partial charge in [0.15, 0.2) is 6.10 Å². The molecule has 156 valence electrons. The number of hydrogen-bond donors (Lipinski definition) is 0. The largest absolute Gasteiger partial charge is 0.497 e. The molecule has 0 bridgehead atoms. The van der Waals surface area contributed by atoms with Gasteiger partial charge in [-0.2, -0.15) is 0 Å². The molecule has 0 aromatic heterocycles. The first-order valence-electron chi connectivity index (χ1n) is 10.2. The predicted octanol–water partition coefficient (Wildman–Crippen LogP) is 4.05. The lowest BCUT2D eigenvalue weighted by Crippen LogP contribution is -2.37.